The summed E-state index contributed by atoms with van der Waals surface area (Å²) in [6.45, 7) is -1.19. The van der Waals surface area contributed by atoms with Crippen molar-refractivity contribution >= 4 is 0 Å². The van der Waals surface area contributed by atoms with Gasteiger partial charge in [-0.15, -0.1) is 0 Å². The maximum atomic E-state index is 14.1. The van der Waals surface area contributed by atoms with E-state index in [4.69, 9.17) is 0 Å². The first kappa shape index (κ1) is 20.2. The van der Waals surface area contributed by atoms with Crippen molar-refractivity contribution in [3.63, 3.8) is 0 Å². The van der Waals surface area contributed by atoms with Gasteiger partial charge in [0.25, 0.3) is 0 Å². The van der Waals surface area contributed by atoms with E-state index in [2.05, 4.69) is 23.8 Å². The minimum Gasteiger partial charge on any atom is -0.429 e. The summed E-state index contributed by atoms with van der Waals surface area (Å²) in [5.74, 6) is -0.869. The summed E-state index contributed by atoms with van der Waals surface area (Å²) in [6.07, 6.45) is 13.3. The van der Waals surface area contributed by atoms with Crippen LogP contribution >= 0.6 is 0 Å². The molecular weight excluding hydrogens is 356 g/mol. The zero-order chi connectivity index (χ0) is 19.4. The van der Waals surface area contributed by atoms with Gasteiger partial charge in [-0.3, -0.25) is 0 Å². The van der Waals surface area contributed by atoms with Crippen LogP contribution in [0.15, 0.2) is 24.3 Å². The molecule has 27 heavy (non-hydrogen) atoms. The predicted octanol–water partition coefficient (Wildman–Crippen LogP) is 7.22. The smallest absolute Gasteiger partial charge is 0.387 e. The zero-order valence-electron chi connectivity index (χ0n) is 15.8. The molecule has 0 aliphatic heterocycles. The second-order valence-corrected chi connectivity index (χ2v) is 8.05. The molecular formula is C22H28F4O. The molecule has 4 unspecified atom stereocenters. The van der Waals surface area contributed by atoms with Crippen LogP contribution in [0.2, 0.25) is 0 Å². The van der Waals surface area contributed by atoms with Gasteiger partial charge in [0.1, 0.15) is 0 Å². The van der Waals surface area contributed by atoms with Gasteiger partial charge < -0.3 is 4.74 Å². The summed E-state index contributed by atoms with van der Waals surface area (Å²) < 4.78 is 56.7. The molecule has 0 radical (unpaired) electrons. The Morgan fingerprint density at radius 2 is 1.70 bits per heavy atom. The van der Waals surface area contributed by atoms with Crippen LogP contribution in [0.1, 0.15) is 69.8 Å². The van der Waals surface area contributed by atoms with Gasteiger partial charge >= 0.3 is 6.61 Å². The van der Waals surface area contributed by atoms with Crippen LogP contribution < -0.4 is 4.74 Å². The molecule has 0 amide bonds. The normalized spacial score (nSPS) is 28.5. The molecule has 4 atom stereocenters. The molecule has 0 spiro atoms. The maximum Gasteiger partial charge on any atom is 0.387 e. The number of hydrogen-bond donors (Lipinski definition) is 0. The van der Waals surface area contributed by atoms with E-state index in [0.29, 0.717) is 17.4 Å². The maximum absolute atomic E-state index is 14.1. The number of allylic oxidation sites excluding steroid dienone is 2. The predicted molar refractivity (Wildman–Crippen MR) is 98.0 cm³/mol. The Hall–Kier alpha value is -1.52. The average Bonchev–Trinajstić information content (AvgIpc) is 2.64. The number of rotatable bonds is 6. The van der Waals surface area contributed by atoms with Crippen molar-refractivity contribution in [3.05, 3.63) is 41.5 Å². The van der Waals surface area contributed by atoms with Crippen LogP contribution in [0.4, 0.5) is 17.6 Å². The van der Waals surface area contributed by atoms with Crippen molar-refractivity contribution in [3.8, 4) is 5.75 Å². The molecule has 0 bridgehead atoms. The van der Waals surface area contributed by atoms with E-state index >= 15 is 0 Å². The van der Waals surface area contributed by atoms with E-state index in [1.807, 2.05) is 0 Å². The fourth-order valence-electron chi connectivity index (χ4n) is 5.07. The lowest BCUT2D eigenvalue weighted by Gasteiger charge is -2.42. The lowest BCUT2D eigenvalue weighted by atomic mass is 9.63. The molecule has 150 valence electrons. The molecule has 2 saturated carbocycles. The summed E-state index contributed by atoms with van der Waals surface area (Å²) in [6, 6.07) is 2.35. The lowest BCUT2D eigenvalue weighted by molar-refractivity contribution is -0.0546. The van der Waals surface area contributed by atoms with Gasteiger partial charge in [0.05, 0.1) is 0 Å². The fraction of sp³-hybridized carbons (Fsp3) is 0.636. The highest BCUT2D eigenvalue weighted by atomic mass is 19.3. The number of halogens is 4. The molecule has 2 aliphatic carbocycles. The second-order valence-electron chi connectivity index (χ2n) is 8.05. The third kappa shape index (κ3) is 5.05. The molecule has 5 heteroatoms. The molecule has 0 saturated heterocycles. The number of fused-ring (bicyclic) bond motifs is 1. The summed E-state index contributed by atoms with van der Waals surface area (Å²) in [5, 5.41) is 0. The molecule has 0 N–H and O–H groups in total. The highest BCUT2D eigenvalue weighted by Gasteiger charge is 2.36. The summed E-state index contributed by atoms with van der Waals surface area (Å²) >= 11 is 0. The highest BCUT2D eigenvalue weighted by molar-refractivity contribution is 5.33. The Morgan fingerprint density at radius 1 is 1.04 bits per heavy atom. The molecule has 2 aliphatic rings. The first-order valence-corrected chi connectivity index (χ1v) is 10.0. The van der Waals surface area contributed by atoms with Crippen molar-refractivity contribution in [1.29, 1.82) is 0 Å². The third-order valence-electron chi connectivity index (χ3n) is 6.40. The SMILES string of the molecule is C/C=C/CCC1CCC2CC(c3cc(F)c(OC(F)F)c(F)c3)CCC2C1. The topological polar surface area (TPSA) is 9.23 Å². The Morgan fingerprint density at radius 3 is 2.37 bits per heavy atom. The first-order valence-electron chi connectivity index (χ1n) is 10.0. The van der Waals surface area contributed by atoms with Gasteiger partial charge in [0.2, 0.25) is 0 Å². The largest absolute Gasteiger partial charge is 0.429 e. The Labute approximate surface area is 158 Å². The standard InChI is InChI=1S/C22H28F4O/c1-2-3-4-5-14-6-7-16-11-17(9-8-15(16)10-14)18-12-19(23)21(20(24)13-18)27-22(25)26/h2-3,12-17,22H,4-11H2,1H3/b3-2+. The minimum atomic E-state index is -3.24. The zero-order valence-corrected chi connectivity index (χ0v) is 15.8. The van der Waals surface area contributed by atoms with Crippen LogP contribution in [0.25, 0.3) is 0 Å². The summed E-state index contributed by atoms with van der Waals surface area (Å²) in [5.41, 5.74) is 0.570. The summed E-state index contributed by atoms with van der Waals surface area (Å²) in [7, 11) is 0. The number of alkyl halides is 2. The Balaban J connectivity index is 1.62. The Bertz CT molecular complexity index is 635. The van der Waals surface area contributed by atoms with Crippen molar-refractivity contribution in [1.82, 2.24) is 0 Å². The third-order valence-corrected chi connectivity index (χ3v) is 6.40. The molecule has 3 rings (SSSR count). The molecule has 2 fully saturated rings. The van der Waals surface area contributed by atoms with Crippen LogP contribution in [0.3, 0.4) is 0 Å². The molecule has 1 aromatic carbocycles. The molecule has 1 nitrogen and oxygen atoms in total. The number of benzene rings is 1. The number of hydrogen-bond acceptors (Lipinski definition) is 1. The monoisotopic (exact) mass is 384 g/mol. The Kier molecular flexibility index (Phi) is 6.83. The van der Waals surface area contributed by atoms with Crippen LogP contribution in [0.5, 0.6) is 5.75 Å². The first-order chi connectivity index (χ1) is 13.0. The van der Waals surface area contributed by atoms with E-state index in [0.717, 1.165) is 31.6 Å². The van der Waals surface area contributed by atoms with E-state index in [9.17, 15) is 17.6 Å². The highest BCUT2D eigenvalue weighted by Crippen LogP contribution is 2.48. The van der Waals surface area contributed by atoms with Gasteiger partial charge in [-0.25, -0.2) is 8.78 Å². The van der Waals surface area contributed by atoms with Crippen molar-refractivity contribution in [2.24, 2.45) is 17.8 Å². The van der Waals surface area contributed by atoms with E-state index in [1.54, 1.807) is 0 Å². The van der Waals surface area contributed by atoms with E-state index < -0.39 is 24.0 Å². The van der Waals surface area contributed by atoms with Gasteiger partial charge in [0.15, 0.2) is 17.4 Å². The van der Waals surface area contributed by atoms with Gasteiger partial charge in [-0.1, -0.05) is 18.6 Å². The summed E-state index contributed by atoms with van der Waals surface area (Å²) in [4.78, 5) is 0. The average molecular weight is 384 g/mol. The van der Waals surface area contributed by atoms with Crippen molar-refractivity contribution in [2.45, 2.75) is 70.8 Å². The molecule has 1 aromatic rings. The number of ether oxygens (including phenoxy) is 1. The van der Waals surface area contributed by atoms with Crippen LogP contribution in [0, 0.1) is 29.4 Å². The van der Waals surface area contributed by atoms with Gasteiger partial charge in [-0.2, -0.15) is 8.78 Å². The molecule has 0 aromatic heterocycles. The van der Waals surface area contributed by atoms with Crippen LogP contribution in [-0.2, 0) is 0 Å². The van der Waals surface area contributed by atoms with Crippen molar-refractivity contribution < 1.29 is 22.3 Å². The molecule has 0 heterocycles. The van der Waals surface area contributed by atoms with Gasteiger partial charge in [0, 0.05) is 0 Å². The lowest BCUT2D eigenvalue weighted by Crippen LogP contribution is -2.30. The second kappa shape index (κ2) is 9.11. The minimum absolute atomic E-state index is 0.0930. The quantitative estimate of drug-likeness (QED) is 0.371. The van der Waals surface area contributed by atoms with E-state index in [-0.39, 0.29) is 5.92 Å². The van der Waals surface area contributed by atoms with Crippen LogP contribution in [-0.4, -0.2) is 6.61 Å². The van der Waals surface area contributed by atoms with E-state index in [1.165, 1.54) is 37.8 Å². The van der Waals surface area contributed by atoms with Crippen molar-refractivity contribution in [2.75, 3.05) is 0 Å². The van der Waals surface area contributed by atoms with Gasteiger partial charge in [-0.05, 0) is 93.2 Å². The fourth-order valence-corrected chi connectivity index (χ4v) is 5.07.